The highest BCUT2D eigenvalue weighted by molar-refractivity contribution is 5.71. The lowest BCUT2D eigenvalue weighted by atomic mass is 10.0. The Morgan fingerprint density at radius 3 is 0.803 bits per heavy atom. The highest BCUT2D eigenvalue weighted by Gasteiger charge is 2.19. The molecule has 1 atom stereocenters. The number of unbranched alkanes of at least 4 members (excludes halogenated alkanes) is 46. The van der Waals surface area contributed by atoms with E-state index in [1.807, 2.05) is 0 Å². The molecule has 0 aromatic rings. The first-order valence-electron chi connectivity index (χ1n) is 34.0. The van der Waals surface area contributed by atoms with Gasteiger partial charge in [0.15, 0.2) is 6.10 Å². The van der Waals surface area contributed by atoms with E-state index in [-0.39, 0.29) is 31.1 Å². The van der Waals surface area contributed by atoms with Crippen molar-refractivity contribution in [1.82, 2.24) is 0 Å². The van der Waals surface area contributed by atoms with Crippen molar-refractivity contribution in [2.75, 3.05) is 13.2 Å². The van der Waals surface area contributed by atoms with Gasteiger partial charge in [-0.3, -0.25) is 14.4 Å². The average molecular weight is 1070 g/mol. The van der Waals surface area contributed by atoms with Crippen LogP contribution >= 0.6 is 0 Å². The molecule has 0 bridgehead atoms. The van der Waals surface area contributed by atoms with E-state index in [0.717, 1.165) is 96.3 Å². The first-order chi connectivity index (χ1) is 37.5. The second-order valence-electron chi connectivity index (χ2n) is 23.1. The third kappa shape index (κ3) is 62.5. The number of carbonyl (C=O) groups is 3. The molecule has 0 heterocycles. The van der Waals surface area contributed by atoms with Crippen LogP contribution in [-0.2, 0) is 28.6 Å². The summed E-state index contributed by atoms with van der Waals surface area (Å²) in [6.45, 7) is 6.57. The predicted molar refractivity (Wildman–Crippen MR) is 330 cm³/mol. The summed E-state index contributed by atoms with van der Waals surface area (Å²) in [5.41, 5.74) is 0. The molecule has 446 valence electrons. The number of hydrogen-bond acceptors (Lipinski definition) is 6. The molecule has 0 aliphatic rings. The van der Waals surface area contributed by atoms with Crippen LogP contribution in [0.4, 0.5) is 0 Å². The highest BCUT2D eigenvalue weighted by atomic mass is 16.6. The number of carbonyl (C=O) groups excluding carboxylic acids is 3. The fourth-order valence-electron chi connectivity index (χ4n) is 10.3. The molecule has 0 amide bonds. The van der Waals surface area contributed by atoms with E-state index in [0.29, 0.717) is 19.3 Å². The van der Waals surface area contributed by atoms with E-state index < -0.39 is 6.10 Å². The second kappa shape index (κ2) is 65.2. The van der Waals surface area contributed by atoms with Crippen LogP contribution in [-0.4, -0.2) is 37.2 Å². The van der Waals surface area contributed by atoms with Gasteiger partial charge in [-0.05, 0) is 51.4 Å². The summed E-state index contributed by atoms with van der Waals surface area (Å²) >= 11 is 0. The maximum absolute atomic E-state index is 12.9. The van der Waals surface area contributed by atoms with Gasteiger partial charge in [0.25, 0.3) is 0 Å². The van der Waals surface area contributed by atoms with Crippen LogP contribution < -0.4 is 0 Å². The third-order valence-electron chi connectivity index (χ3n) is 15.4. The van der Waals surface area contributed by atoms with Gasteiger partial charge in [-0.1, -0.05) is 340 Å². The van der Waals surface area contributed by atoms with Crippen LogP contribution in [0.15, 0.2) is 36.5 Å². The number of hydrogen-bond donors (Lipinski definition) is 0. The van der Waals surface area contributed by atoms with Crippen LogP contribution in [0.3, 0.4) is 0 Å². The summed E-state index contributed by atoms with van der Waals surface area (Å²) in [6.07, 6.45) is 80.5. The molecule has 0 aliphatic heterocycles. The Morgan fingerprint density at radius 1 is 0.276 bits per heavy atom. The van der Waals surface area contributed by atoms with E-state index in [4.69, 9.17) is 14.2 Å². The maximum atomic E-state index is 12.9. The van der Waals surface area contributed by atoms with Crippen LogP contribution in [0, 0.1) is 0 Å². The highest BCUT2D eigenvalue weighted by Crippen LogP contribution is 2.19. The fourth-order valence-corrected chi connectivity index (χ4v) is 10.3. The maximum Gasteiger partial charge on any atom is 0.306 e. The van der Waals surface area contributed by atoms with Gasteiger partial charge in [0, 0.05) is 19.3 Å². The number of ether oxygens (including phenoxy) is 3. The molecule has 76 heavy (non-hydrogen) atoms. The lowest BCUT2D eigenvalue weighted by Gasteiger charge is -2.18. The Hall–Kier alpha value is -2.37. The molecular weight excluding hydrogens is 937 g/mol. The van der Waals surface area contributed by atoms with Gasteiger partial charge in [-0.25, -0.2) is 0 Å². The molecule has 0 N–H and O–H groups in total. The molecule has 0 radical (unpaired) electrons. The molecule has 0 saturated heterocycles. The van der Waals surface area contributed by atoms with E-state index in [9.17, 15) is 14.4 Å². The molecule has 6 heteroatoms. The van der Waals surface area contributed by atoms with E-state index in [1.54, 1.807) is 0 Å². The van der Waals surface area contributed by atoms with E-state index in [2.05, 4.69) is 57.2 Å². The normalized spacial score (nSPS) is 12.2. The zero-order valence-corrected chi connectivity index (χ0v) is 51.3. The zero-order valence-electron chi connectivity index (χ0n) is 51.3. The van der Waals surface area contributed by atoms with Crippen molar-refractivity contribution in [3.8, 4) is 0 Å². The molecule has 0 aromatic carbocycles. The summed E-state index contributed by atoms with van der Waals surface area (Å²) in [5, 5.41) is 0. The predicted octanol–water partition coefficient (Wildman–Crippen LogP) is 23.2. The number of esters is 3. The largest absolute Gasteiger partial charge is 0.462 e. The molecular formula is C70H130O6. The Morgan fingerprint density at radius 2 is 0.513 bits per heavy atom. The zero-order chi connectivity index (χ0) is 55.0. The molecule has 0 aliphatic carbocycles. The van der Waals surface area contributed by atoms with Crippen molar-refractivity contribution in [1.29, 1.82) is 0 Å². The first kappa shape index (κ1) is 73.6. The monoisotopic (exact) mass is 1070 g/mol. The summed E-state index contributed by atoms with van der Waals surface area (Å²) < 4.78 is 16.9. The lowest BCUT2D eigenvalue weighted by Crippen LogP contribution is -2.30. The lowest BCUT2D eigenvalue weighted by molar-refractivity contribution is -0.167. The van der Waals surface area contributed by atoms with Gasteiger partial charge < -0.3 is 14.2 Å². The molecule has 0 saturated carbocycles. The minimum atomic E-state index is -0.777. The molecule has 0 spiro atoms. The van der Waals surface area contributed by atoms with Gasteiger partial charge in [0.2, 0.25) is 0 Å². The number of rotatable bonds is 63. The first-order valence-corrected chi connectivity index (χ1v) is 34.0. The van der Waals surface area contributed by atoms with E-state index >= 15 is 0 Å². The molecule has 0 fully saturated rings. The number of allylic oxidation sites excluding steroid dienone is 6. The summed E-state index contributed by atoms with van der Waals surface area (Å²) in [4.78, 5) is 38.2. The van der Waals surface area contributed by atoms with Gasteiger partial charge >= 0.3 is 17.9 Å². The van der Waals surface area contributed by atoms with Crippen LogP contribution in [0.1, 0.15) is 374 Å². The molecule has 6 nitrogen and oxygen atoms in total. The third-order valence-corrected chi connectivity index (χ3v) is 15.4. The minimum absolute atomic E-state index is 0.0743. The van der Waals surface area contributed by atoms with Crippen LogP contribution in [0.5, 0.6) is 0 Å². The summed E-state index contributed by atoms with van der Waals surface area (Å²) in [6, 6.07) is 0. The van der Waals surface area contributed by atoms with Gasteiger partial charge in [0.1, 0.15) is 13.2 Å². The van der Waals surface area contributed by atoms with Gasteiger partial charge in [0.05, 0.1) is 0 Å². The van der Waals surface area contributed by atoms with Crippen LogP contribution in [0.2, 0.25) is 0 Å². The molecule has 0 rings (SSSR count). The second-order valence-corrected chi connectivity index (χ2v) is 23.1. The fraction of sp³-hybridized carbons (Fsp3) is 0.871. The minimum Gasteiger partial charge on any atom is -0.462 e. The summed E-state index contributed by atoms with van der Waals surface area (Å²) in [5.74, 6) is -0.870. The van der Waals surface area contributed by atoms with Crippen molar-refractivity contribution in [2.24, 2.45) is 0 Å². The Balaban J connectivity index is 4.05. The van der Waals surface area contributed by atoms with Gasteiger partial charge in [-0.2, -0.15) is 0 Å². The van der Waals surface area contributed by atoms with Crippen molar-refractivity contribution in [2.45, 2.75) is 380 Å². The molecule has 0 aromatic heterocycles. The van der Waals surface area contributed by atoms with Crippen molar-refractivity contribution in [3.05, 3.63) is 36.5 Å². The van der Waals surface area contributed by atoms with Crippen molar-refractivity contribution >= 4 is 17.9 Å². The average Bonchev–Trinajstić information content (AvgIpc) is 3.42. The Kier molecular flexibility index (Phi) is 63.1. The van der Waals surface area contributed by atoms with Crippen LogP contribution in [0.25, 0.3) is 0 Å². The standard InChI is InChI=1S/C70H130O6/c1-4-7-10-13-16-19-22-24-26-27-28-29-30-31-32-33-34-35-36-37-38-39-40-41-42-44-45-48-51-54-57-60-63-69(72)75-66-67(65-74-68(71)62-59-56-53-50-47-21-18-15-12-9-6-3)76-70(73)64-61-58-55-52-49-46-43-25-23-20-17-14-11-8-5-2/h8,11,17,20,25,43,67H,4-7,9-10,12-16,18-19,21-24,26-42,44-66H2,1-3H3/b11-8-,20-17-,43-25-. The van der Waals surface area contributed by atoms with E-state index in [1.165, 1.54) is 238 Å². The van der Waals surface area contributed by atoms with Crippen molar-refractivity contribution in [3.63, 3.8) is 0 Å². The Labute approximate surface area is 474 Å². The van der Waals surface area contributed by atoms with Gasteiger partial charge in [-0.15, -0.1) is 0 Å². The SMILES string of the molecule is CC/C=C\C/C=C\C/C=C\CCCCCCCC(=O)OC(COC(=O)CCCCCCCCCCCCC)COC(=O)CCCCCCCCCCCCCCCCCCCCCCCCCCCCCCCCCC. The smallest absolute Gasteiger partial charge is 0.306 e. The quantitative estimate of drug-likeness (QED) is 0.0261. The summed E-state index contributed by atoms with van der Waals surface area (Å²) in [7, 11) is 0. The van der Waals surface area contributed by atoms with Crippen molar-refractivity contribution < 1.29 is 28.6 Å². The molecule has 1 unspecified atom stereocenters. The topological polar surface area (TPSA) is 78.9 Å². The Bertz CT molecular complexity index is 1270.